The molecule has 0 radical (unpaired) electrons. The van der Waals surface area contributed by atoms with Crippen molar-refractivity contribution in [3.05, 3.63) is 29.8 Å². The second-order valence-corrected chi connectivity index (χ2v) is 5.35. The van der Waals surface area contributed by atoms with Crippen LogP contribution in [0.5, 0.6) is 5.75 Å². The first kappa shape index (κ1) is 10.1. The Bertz CT molecular complexity index is 240. The number of hydrogen-bond acceptors (Lipinski definition) is 3. The Labute approximate surface area is 86.1 Å². The van der Waals surface area contributed by atoms with Crippen LogP contribution in [0.4, 0.5) is 0 Å². The number of hydrogen-bond donors (Lipinski definition) is 2. The lowest BCUT2D eigenvalue weighted by molar-refractivity contribution is 0.475. The Morgan fingerprint density at radius 3 is 2.50 bits per heavy atom. The molecule has 0 fully saturated rings. The van der Waals surface area contributed by atoms with E-state index in [0.29, 0.717) is 6.54 Å². The molecule has 0 aliphatic heterocycles. The summed E-state index contributed by atoms with van der Waals surface area (Å²) >= 11 is 1.79. The maximum atomic E-state index is 10.6. The Kier molecular flexibility index (Phi) is 4.13. The van der Waals surface area contributed by atoms with Crippen LogP contribution < -0.4 is 4.72 Å². The number of phenols is 1. The largest absolute Gasteiger partial charge is 0.590 e. The molecule has 2 N–H and O–H groups in total. The Balaban J connectivity index is 2.48. The van der Waals surface area contributed by atoms with Crippen LogP contribution in [0.1, 0.15) is 5.56 Å². The second-order valence-electron chi connectivity index (χ2n) is 2.21. The summed E-state index contributed by atoms with van der Waals surface area (Å²) in [6.07, 6.45) is 0. The SMILES string of the molecule is [O-][S+](I)NCc1ccc(O)cc1. The van der Waals surface area contributed by atoms with E-state index in [-0.39, 0.29) is 5.75 Å². The molecular formula is C7H8INO2S. The van der Waals surface area contributed by atoms with Gasteiger partial charge in [-0.2, -0.15) is 0 Å². The molecule has 0 saturated carbocycles. The van der Waals surface area contributed by atoms with E-state index in [1.807, 2.05) is 0 Å². The predicted molar refractivity (Wildman–Crippen MR) is 57.1 cm³/mol. The first-order valence-corrected chi connectivity index (χ1v) is 6.97. The molecule has 1 atom stereocenters. The summed E-state index contributed by atoms with van der Waals surface area (Å²) in [5, 5.41) is 8.95. The van der Waals surface area contributed by atoms with Crippen molar-refractivity contribution in [3.8, 4) is 5.75 Å². The number of benzene rings is 1. The van der Waals surface area contributed by atoms with Crippen LogP contribution in [0.25, 0.3) is 0 Å². The fourth-order valence-electron chi connectivity index (χ4n) is 0.754. The summed E-state index contributed by atoms with van der Waals surface area (Å²) in [4.78, 5) is 0. The molecule has 3 nitrogen and oxygen atoms in total. The van der Waals surface area contributed by atoms with Crippen molar-refractivity contribution < 1.29 is 9.66 Å². The molecule has 66 valence electrons. The second kappa shape index (κ2) is 4.90. The quantitative estimate of drug-likeness (QED) is 0.656. The molecule has 0 heterocycles. The minimum Gasteiger partial charge on any atom is -0.590 e. The van der Waals surface area contributed by atoms with Crippen LogP contribution in [-0.4, -0.2) is 9.66 Å². The Morgan fingerprint density at radius 2 is 2.00 bits per heavy atom. The van der Waals surface area contributed by atoms with Gasteiger partial charge in [-0.1, -0.05) is 12.1 Å². The molecule has 0 aliphatic carbocycles. The standard InChI is InChI=1S/C7H8INO2S/c8-12(11)9-5-6-1-3-7(10)4-2-6/h1-4,9-10H,5H2. The third-order valence-electron chi connectivity index (χ3n) is 1.33. The minimum absolute atomic E-state index is 0.245. The van der Waals surface area contributed by atoms with Crippen LogP contribution >= 0.6 is 21.2 Å². The smallest absolute Gasteiger partial charge is 0.274 e. The Hall–Kier alpha value is 0.0200. The molecule has 0 aromatic heterocycles. The van der Waals surface area contributed by atoms with Gasteiger partial charge in [0, 0.05) is 0 Å². The topological polar surface area (TPSA) is 55.3 Å². The van der Waals surface area contributed by atoms with E-state index < -0.39 is 8.53 Å². The lowest BCUT2D eigenvalue weighted by Crippen LogP contribution is -2.16. The molecule has 0 amide bonds. The van der Waals surface area contributed by atoms with E-state index in [4.69, 9.17) is 5.11 Å². The number of rotatable bonds is 3. The zero-order chi connectivity index (χ0) is 8.97. The highest BCUT2D eigenvalue weighted by molar-refractivity contribution is 14.2. The van der Waals surface area contributed by atoms with Crippen LogP contribution in [0, 0.1) is 0 Å². The van der Waals surface area contributed by atoms with Gasteiger partial charge in [0.15, 0.2) is 0 Å². The molecule has 12 heavy (non-hydrogen) atoms. The summed E-state index contributed by atoms with van der Waals surface area (Å²) in [7, 11) is -1.01. The van der Waals surface area contributed by atoms with Gasteiger partial charge in [-0.3, -0.25) is 0 Å². The minimum atomic E-state index is -1.01. The third-order valence-corrected chi connectivity index (χ3v) is 2.63. The van der Waals surface area contributed by atoms with Crippen molar-refractivity contribution in [2.24, 2.45) is 0 Å². The van der Waals surface area contributed by atoms with Crippen molar-refractivity contribution in [1.29, 1.82) is 0 Å². The summed E-state index contributed by atoms with van der Waals surface area (Å²) in [6.45, 7) is 0.551. The fourth-order valence-corrected chi connectivity index (χ4v) is 1.50. The highest BCUT2D eigenvalue weighted by Gasteiger charge is 1.99. The van der Waals surface area contributed by atoms with E-state index >= 15 is 0 Å². The van der Waals surface area contributed by atoms with E-state index in [2.05, 4.69) is 4.72 Å². The van der Waals surface area contributed by atoms with Gasteiger partial charge in [-0.25, -0.2) is 0 Å². The van der Waals surface area contributed by atoms with E-state index in [1.54, 1.807) is 45.5 Å². The zero-order valence-corrected chi connectivity index (χ0v) is 9.13. The number of halogens is 1. The van der Waals surface area contributed by atoms with E-state index in [0.717, 1.165) is 5.56 Å². The third kappa shape index (κ3) is 3.61. The number of aromatic hydroxyl groups is 1. The molecule has 5 heteroatoms. The highest BCUT2D eigenvalue weighted by atomic mass is 127. The molecule has 0 bridgehead atoms. The first-order chi connectivity index (χ1) is 5.68. The zero-order valence-electron chi connectivity index (χ0n) is 6.16. The van der Waals surface area contributed by atoms with Crippen molar-refractivity contribution >= 4 is 29.7 Å². The van der Waals surface area contributed by atoms with Gasteiger partial charge >= 0.3 is 0 Å². The molecule has 0 spiro atoms. The van der Waals surface area contributed by atoms with Crippen LogP contribution in [0.2, 0.25) is 0 Å². The van der Waals surface area contributed by atoms with Crippen LogP contribution in [-0.2, 0) is 15.1 Å². The van der Waals surface area contributed by atoms with Gasteiger partial charge in [0.05, 0.1) is 6.54 Å². The maximum Gasteiger partial charge on any atom is 0.274 e. The van der Waals surface area contributed by atoms with Gasteiger partial charge in [-0.05, 0) is 17.7 Å². The van der Waals surface area contributed by atoms with Crippen molar-refractivity contribution in [3.63, 3.8) is 0 Å². The summed E-state index contributed by atoms with van der Waals surface area (Å²) in [6, 6.07) is 6.78. The summed E-state index contributed by atoms with van der Waals surface area (Å²) in [5.41, 5.74) is 0.998. The average molecular weight is 297 g/mol. The monoisotopic (exact) mass is 297 g/mol. The predicted octanol–water partition coefficient (Wildman–Crippen LogP) is 1.50. The van der Waals surface area contributed by atoms with Crippen molar-refractivity contribution in [1.82, 2.24) is 4.72 Å². The summed E-state index contributed by atoms with van der Waals surface area (Å²) in [5.74, 6) is 0.245. The summed E-state index contributed by atoms with van der Waals surface area (Å²) < 4.78 is 13.4. The molecule has 1 aromatic carbocycles. The van der Waals surface area contributed by atoms with Crippen molar-refractivity contribution in [2.45, 2.75) is 6.54 Å². The molecule has 0 aliphatic rings. The molecular weight excluding hydrogens is 289 g/mol. The molecule has 0 saturated heterocycles. The average Bonchev–Trinajstić information content (AvgIpc) is 2.03. The van der Waals surface area contributed by atoms with Gasteiger partial charge < -0.3 is 9.66 Å². The Morgan fingerprint density at radius 1 is 1.42 bits per heavy atom. The molecule has 1 unspecified atom stereocenters. The van der Waals surface area contributed by atoms with Crippen molar-refractivity contribution in [2.75, 3.05) is 0 Å². The first-order valence-electron chi connectivity index (χ1n) is 3.28. The molecule has 1 aromatic rings. The number of nitrogens with one attached hydrogen (secondary N) is 1. The van der Waals surface area contributed by atoms with Gasteiger partial charge in [0.1, 0.15) is 14.3 Å². The lowest BCUT2D eigenvalue weighted by atomic mass is 10.2. The maximum absolute atomic E-state index is 10.6. The van der Waals surface area contributed by atoms with Crippen LogP contribution in [0.3, 0.4) is 0 Å². The highest BCUT2D eigenvalue weighted by Crippen LogP contribution is 2.09. The van der Waals surface area contributed by atoms with Gasteiger partial charge in [0.25, 0.3) is 21.2 Å². The number of phenolic OH excluding ortho intramolecular Hbond substituents is 1. The van der Waals surface area contributed by atoms with Gasteiger partial charge in [-0.15, -0.1) is 4.72 Å². The lowest BCUT2D eigenvalue weighted by Gasteiger charge is -2.02. The molecule has 1 rings (SSSR count). The van der Waals surface area contributed by atoms with Crippen LogP contribution in [0.15, 0.2) is 24.3 Å². The van der Waals surface area contributed by atoms with Gasteiger partial charge in [0.2, 0.25) is 0 Å². The van der Waals surface area contributed by atoms with E-state index in [9.17, 15) is 4.55 Å². The van der Waals surface area contributed by atoms with E-state index in [1.165, 1.54) is 0 Å². The normalized spacial score (nSPS) is 12.8. The fraction of sp³-hybridized carbons (Fsp3) is 0.143.